The number of carbonyl (C=O) groups excluding carboxylic acids is 1. The van der Waals surface area contributed by atoms with E-state index in [4.69, 9.17) is 14.2 Å². The molecule has 0 radical (unpaired) electrons. The summed E-state index contributed by atoms with van der Waals surface area (Å²) in [5.74, 6) is 1.05. The molecule has 142 valence electrons. The van der Waals surface area contributed by atoms with Crippen molar-refractivity contribution in [2.45, 2.75) is 13.5 Å². The number of para-hydroxylation sites is 1. The minimum Gasteiger partial charge on any atom is -0.497 e. The van der Waals surface area contributed by atoms with Crippen LogP contribution in [-0.4, -0.2) is 37.9 Å². The Morgan fingerprint density at radius 1 is 1.15 bits per heavy atom. The van der Waals surface area contributed by atoms with E-state index in [-0.39, 0.29) is 5.91 Å². The second-order valence-corrected chi connectivity index (χ2v) is 6.70. The Bertz CT molecular complexity index is 1010. The van der Waals surface area contributed by atoms with Gasteiger partial charge in [-0.3, -0.25) is 4.79 Å². The first-order chi connectivity index (χ1) is 13.2. The molecule has 6 nitrogen and oxygen atoms in total. The highest BCUT2D eigenvalue weighted by atomic mass is 32.1. The van der Waals surface area contributed by atoms with Crippen molar-refractivity contribution in [3.8, 4) is 11.5 Å². The van der Waals surface area contributed by atoms with Crippen molar-refractivity contribution in [3.63, 3.8) is 0 Å². The summed E-state index contributed by atoms with van der Waals surface area (Å²) in [7, 11) is 3.21. The molecule has 0 saturated carbocycles. The standard InChI is InChI=1S/C20H22N2O4S/c1-4-26-12-11-22-18-16(25-3)9-6-10-17(18)27-20(22)21-19(23)14-7-5-8-15(13-14)24-2/h5-10,13H,4,11-12H2,1-3H3. The number of methoxy groups -OCH3 is 2. The topological polar surface area (TPSA) is 62.1 Å². The zero-order valence-electron chi connectivity index (χ0n) is 15.6. The lowest BCUT2D eigenvalue weighted by Gasteiger charge is -2.08. The van der Waals surface area contributed by atoms with E-state index >= 15 is 0 Å². The maximum Gasteiger partial charge on any atom is 0.279 e. The van der Waals surface area contributed by atoms with Gasteiger partial charge in [0.05, 0.1) is 25.5 Å². The average Bonchev–Trinajstić information content (AvgIpc) is 3.05. The minimum atomic E-state index is -0.315. The lowest BCUT2D eigenvalue weighted by molar-refractivity contribution is 0.0996. The lowest BCUT2D eigenvalue weighted by atomic mass is 10.2. The fraction of sp³-hybridized carbons (Fsp3) is 0.300. The van der Waals surface area contributed by atoms with Crippen LogP contribution in [0.5, 0.6) is 11.5 Å². The molecule has 0 bridgehead atoms. The Labute approximate surface area is 161 Å². The summed E-state index contributed by atoms with van der Waals surface area (Å²) in [6, 6.07) is 12.8. The molecular formula is C20H22N2O4S. The molecule has 0 aliphatic heterocycles. The monoisotopic (exact) mass is 386 g/mol. The molecular weight excluding hydrogens is 364 g/mol. The van der Waals surface area contributed by atoms with Gasteiger partial charge in [0.15, 0.2) is 4.80 Å². The number of carbonyl (C=O) groups is 1. The fourth-order valence-electron chi connectivity index (χ4n) is 2.76. The molecule has 3 aromatic rings. The zero-order valence-corrected chi connectivity index (χ0v) is 16.4. The first kappa shape index (κ1) is 19.1. The van der Waals surface area contributed by atoms with Crippen molar-refractivity contribution >= 4 is 27.5 Å². The largest absolute Gasteiger partial charge is 0.497 e. The molecule has 0 atom stereocenters. The number of hydrogen-bond acceptors (Lipinski definition) is 5. The van der Waals surface area contributed by atoms with Crippen molar-refractivity contribution < 1.29 is 19.0 Å². The molecule has 1 amide bonds. The van der Waals surface area contributed by atoms with Crippen LogP contribution >= 0.6 is 11.3 Å². The van der Waals surface area contributed by atoms with Crippen molar-refractivity contribution in [2.75, 3.05) is 27.4 Å². The van der Waals surface area contributed by atoms with Crippen LogP contribution in [0.25, 0.3) is 10.2 Å². The van der Waals surface area contributed by atoms with Gasteiger partial charge in [-0.05, 0) is 37.3 Å². The van der Waals surface area contributed by atoms with Gasteiger partial charge >= 0.3 is 0 Å². The van der Waals surface area contributed by atoms with E-state index in [1.807, 2.05) is 29.7 Å². The van der Waals surface area contributed by atoms with Crippen molar-refractivity contribution in [1.29, 1.82) is 0 Å². The van der Waals surface area contributed by atoms with Crippen LogP contribution in [0.2, 0.25) is 0 Å². The summed E-state index contributed by atoms with van der Waals surface area (Å²) < 4.78 is 19.2. The van der Waals surface area contributed by atoms with Crippen molar-refractivity contribution in [3.05, 3.63) is 52.8 Å². The van der Waals surface area contributed by atoms with Crippen LogP contribution in [0.4, 0.5) is 0 Å². The van der Waals surface area contributed by atoms with Gasteiger partial charge in [0.25, 0.3) is 5.91 Å². The average molecular weight is 386 g/mol. The molecule has 0 unspecified atom stereocenters. The highest BCUT2D eigenvalue weighted by Gasteiger charge is 2.13. The summed E-state index contributed by atoms with van der Waals surface area (Å²) in [5, 5.41) is 0. The SMILES string of the molecule is CCOCCn1c(=NC(=O)c2cccc(OC)c2)sc2cccc(OC)c21. The molecule has 0 saturated heterocycles. The predicted octanol–water partition coefficient (Wildman–Crippen LogP) is 3.50. The molecule has 1 aromatic heterocycles. The molecule has 1 heterocycles. The quantitative estimate of drug-likeness (QED) is 0.583. The van der Waals surface area contributed by atoms with Crippen LogP contribution < -0.4 is 14.3 Å². The van der Waals surface area contributed by atoms with Gasteiger partial charge in [-0.25, -0.2) is 0 Å². The highest BCUT2D eigenvalue weighted by molar-refractivity contribution is 7.16. The van der Waals surface area contributed by atoms with Gasteiger partial charge < -0.3 is 18.8 Å². The first-order valence-electron chi connectivity index (χ1n) is 8.65. The Morgan fingerprint density at radius 2 is 1.96 bits per heavy atom. The molecule has 0 spiro atoms. The van der Waals surface area contributed by atoms with Crippen LogP contribution in [-0.2, 0) is 11.3 Å². The van der Waals surface area contributed by atoms with Crippen LogP contribution in [0.1, 0.15) is 17.3 Å². The van der Waals surface area contributed by atoms with E-state index in [0.29, 0.717) is 35.9 Å². The van der Waals surface area contributed by atoms with Gasteiger partial charge in [-0.1, -0.05) is 23.5 Å². The predicted molar refractivity (Wildman–Crippen MR) is 106 cm³/mol. The fourth-order valence-corrected chi connectivity index (χ4v) is 3.83. The third-order valence-corrected chi connectivity index (χ3v) is 5.10. The number of benzene rings is 2. The van der Waals surface area contributed by atoms with Crippen molar-refractivity contribution in [1.82, 2.24) is 4.57 Å². The summed E-state index contributed by atoms with van der Waals surface area (Å²) in [4.78, 5) is 17.7. The number of thiazole rings is 1. The molecule has 0 aliphatic rings. The molecule has 3 rings (SSSR count). The Morgan fingerprint density at radius 3 is 2.70 bits per heavy atom. The van der Waals surface area contributed by atoms with Gasteiger partial charge in [-0.2, -0.15) is 4.99 Å². The second kappa shape index (κ2) is 8.83. The molecule has 27 heavy (non-hydrogen) atoms. The second-order valence-electron chi connectivity index (χ2n) is 5.69. The molecule has 0 fully saturated rings. The van der Waals surface area contributed by atoms with Crippen LogP contribution in [0, 0.1) is 0 Å². The maximum absolute atomic E-state index is 12.7. The van der Waals surface area contributed by atoms with Gasteiger partial charge in [0, 0.05) is 18.7 Å². The van der Waals surface area contributed by atoms with Crippen LogP contribution in [0.15, 0.2) is 47.5 Å². The van der Waals surface area contributed by atoms with Crippen molar-refractivity contribution in [2.24, 2.45) is 4.99 Å². The number of fused-ring (bicyclic) bond motifs is 1. The Kier molecular flexibility index (Phi) is 6.26. The van der Waals surface area contributed by atoms with E-state index in [9.17, 15) is 4.79 Å². The number of ether oxygens (including phenoxy) is 3. The summed E-state index contributed by atoms with van der Waals surface area (Å²) in [6.07, 6.45) is 0. The Balaban J connectivity index is 2.09. The normalized spacial score (nSPS) is 11.7. The molecule has 0 N–H and O–H groups in total. The molecule has 2 aromatic carbocycles. The zero-order chi connectivity index (χ0) is 19.2. The Hall–Kier alpha value is -2.64. The van der Waals surface area contributed by atoms with E-state index in [2.05, 4.69) is 4.99 Å². The smallest absolute Gasteiger partial charge is 0.279 e. The van der Waals surface area contributed by atoms with E-state index in [1.54, 1.807) is 38.5 Å². The summed E-state index contributed by atoms with van der Waals surface area (Å²) in [5.41, 5.74) is 1.40. The van der Waals surface area contributed by atoms with E-state index in [1.165, 1.54) is 11.3 Å². The number of aromatic nitrogens is 1. The summed E-state index contributed by atoms with van der Waals surface area (Å²) in [6.45, 7) is 3.70. The lowest BCUT2D eigenvalue weighted by Crippen LogP contribution is -2.20. The van der Waals surface area contributed by atoms with Crippen LogP contribution in [0.3, 0.4) is 0 Å². The number of amides is 1. The van der Waals surface area contributed by atoms with Gasteiger partial charge in [0.2, 0.25) is 0 Å². The maximum atomic E-state index is 12.7. The number of nitrogens with zero attached hydrogens (tertiary/aromatic N) is 2. The summed E-state index contributed by atoms with van der Waals surface area (Å²) >= 11 is 1.45. The van der Waals surface area contributed by atoms with Gasteiger partial charge in [-0.15, -0.1) is 0 Å². The van der Waals surface area contributed by atoms with E-state index < -0.39 is 0 Å². The number of hydrogen-bond donors (Lipinski definition) is 0. The molecule has 7 heteroatoms. The highest BCUT2D eigenvalue weighted by Crippen LogP contribution is 2.27. The third-order valence-electron chi connectivity index (χ3n) is 4.06. The first-order valence-corrected chi connectivity index (χ1v) is 9.46. The number of rotatable bonds is 7. The van der Waals surface area contributed by atoms with E-state index in [0.717, 1.165) is 16.0 Å². The third kappa shape index (κ3) is 4.20. The minimum absolute atomic E-state index is 0.315. The van der Waals surface area contributed by atoms with Gasteiger partial charge in [0.1, 0.15) is 17.0 Å². The molecule has 0 aliphatic carbocycles.